The molecular formula is C29H36N4O7S. The third-order valence-corrected chi connectivity index (χ3v) is 8.54. The number of carboxylic acid groups (broad SMARTS) is 1. The number of aryl methyl sites for hydroxylation is 1. The lowest BCUT2D eigenvalue weighted by Crippen LogP contribution is -2.53. The SMILES string of the molecule is C=C/C(OC)=C(\C=C/C)[C@H](Cn1c(=O)n(C(C)(C)C(=O)O)c(=O)c2c(C)c(-n3cccn3)sc21)OC1CCOCC1. The van der Waals surface area contributed by atoms with Gasteiger partial charge in [-0.25, -0.2) is 18.8 Å². The third-order valence-electron chi connectivity index (χ3n) is 7.24. The van der Waals surface area contributed by atoms with Gasteiger partial charge >= 0.3 is 11.7 Å². The van der Waals surface area contributed by atoms with Gasteiger partial charge in [0.05, 0.1) is 25.1 Å². The van der Waals surface area contributed by atoms with Gasteiger partial charge in [0.2, 0.25) is 0 Å². The van der Waals surface area contributed by atoms with Crippen molar-refractivity contribution in [3.8, 4) is 5.00 Å². The Morgan fingerprint density at radius 3 is 2.61 bits per heavy atom. The molecule has 3 aromatic rings. The highest BCUT2D eigenvalue weighted by Gasteiger charge is 2.36. The van der Waals surface area contributed by atoms with Crippen molar-refractivity contribution in [2.45, 2.75) is 64.8 Å². The first-order chi connectivity index (χ1) is 19.6. The number of hydrogen-bond acceptors (Lipinski definition) is 8. The van der Waals surface area contributed by atoms with Crippen LogP contribution in [0.4, 0.5) is 0 Å². The number of aromatic nitrogens is 4. The summed E-state index contributed by atoms with van der Waals surface area (Å²) in [6.07, 6.45) is 9.14. The van der Waals surface area contributed by atoms with E-state index in [4.69, 9.17) is 14.2 Å². The second kappa shape index (κ2) is 12.4. The third kappa shape index (κ3) is 5.72. The molecule has 0 bridgehead atoms. The van der Waals surface area contributed by atoms with E-state index in [1.165, 1.54) is 36.9 Å². The van der Waals surface area contributed by atoms with Crippen molar-refractivity contribution in [2.24, 2.45) is 0 Å². The van der Waals surface area contributed by atoms with Crippen LogP contribution < -0.4 is 11.2 Å². The fraction of sp³-hybridized carbons (Fsp3) is 0.448. The van der Waals surface area contributed by atoms with Crippen molar-refractivity contribution in [3.63, 3.8) is 0 Å². The van der Waals surface area contributed by atoms with Crippen LogP contribution in [0.15, 0.2) is 64.2 Å². The molecular weight excluding hydrogens is 548 g/mol. The maximum Gasteiger partial charge on any atom is 0.333 e. The lowest BCUT2D eigenvalue weighted by atomic mass is 10.0. The van der Waals surface area contributed by atoms with Gasteiger partial charge < -0.3 is 19.3 Å². The molecule has 0 amide bonds. The van der Waals surface area contributed by atoms with E-state index < -0.39 is 28.9 Å². The van der Waals surface area contributed by atoms with Crippen LogP contribution in [0, 0.1) is 6.92 Å². The molecule has 1 aliphatic heterocycles. The summed E-state index contributed by atoms with van der Waals surface area (Å²) in [5.74, 6) is -0.830. The van der Waals surface area contributed by atoms with Gasteiger partial charge in [0.1, 0.15) is 27.2 Å². The van der Waals surface area contributed by atoms with E-state index in [0.29, 0.717) is 52.8 Å². The molecule has 4 rings (SSSR count). The van der Waals surface area contributed by atoms with Gasteiger partial charge in [0.15, 0.2) is 0 Å². The zero-order valence-corrected chi connectivity index (χ0v) is 24.8. The maximum absolute atomic E-state index is 14.2. The lowest BCUT2D eigenvalue weighted by Gasteiger charge is -2.30. The van der Waals surface area contributed by atoms with Crippen LogP contribution in [-0.4, -0.2) is 62.5 Å². The maximum atomic E-state index is 14.2. The molecule has 41 heavy (non-hydrogen) atoms. The van der Waals surface area contributed by atoms with E-state index in [1.54, 1.807) is 36.1 Å². The molecule has 220 valence electrons. The topological polar surface area (TPSA) is 127 Å². The van der Waals surface area contributed by atoms with Crippen molar-refractivity contribution >= 4 is 27.5 Å². The van der Waals surface area contributed by atoms with E-state index in [1.807, 2.05) is 19.1 Å². The first-order valence-electron chi connectivity index (χ1n) is 13.4. The highest BCUT2D eigenvalue weighted by atomic mass is 32.1. The number of carboxylic acids is 1. The number of hydrogen-bond donors (Lipinski definition) is 1. The van der Waals surface area contributed by atoms with Gasteiger partial charge in [-0.05, 0) is 52.7 Å². The largest absolute Gasteiger partial charge is 0.496 e. The van der Waals surface area contributed by atoms with Gasteiger partial charge in [-0.2, -0.15) is 5.10 Å². The molecule has 12 heteroatoms. The van der Waals surface area contributed by atoms with Gasteiger partial charge in [-0.1, -0.05) is 30.1 Å². The fourth-order valence-electron chi connectivity index (χ4n) is 4.96. The normalized spacial score (nSPS) is 16.2. The van der Waals surface area contributed by atoms with Crippen molar-refractivity contribution in [2.75, 3.05) is 20.3 Å². The summed E-state index contributed by atoms with van der Waals surface area (Å²) in [7, 11) is 1.53. The van der Waals surface area contributed by atoms with E-state index in [-0.39, 0.29) is 18.0 Å². The number of allylic oxidation sites excluding steroid dienone is 2. The summed E-state index contributed by atoms with van der Waals surface area (Å²) in [5, 5.41) is 15.2. The Labute approximate surface area is 241 Å². The summed E-state index contributed by atoms with van der Waals surface area (Å²) >= 11 is 1.24. The zero-order valence-electron chi connectivity index (χ0n) is 24.0. The zero-order chi connectivity index (χ0) is 29.9. The molecule has 1 fully saturated rings. The van der Waals surface area contributed by atoms with Gasteiger partial charge in [0, 0.05) is 36.7 Å². The molecule has 1 saturated heterocycles. The average molecular weight is 585 g/mol. The van der Waals surface area contributed by atoms with Crippen molar-refractivity contribution in [1.82, 2.24) is 18.9 Å². The number of methoxy groups -OCH3 is 1. The van der Waals surface area contributed by atoms with Crippen molar-refractivity contribution in [3.05, 3.63) is 81.0 Å². The van der Waals surface area contributed by atoms with E-state index in [2.05, 4.69) is 11.7 Å². The number of nitrogens with zero attached hydrogens (tertiary/aromatic N) is 4. The van der Waals surface area contributed by atoms with E-state index in [9.17, 15) is 19.5 Å². The van der Waals surface area contributed by atoms with Crippen molar-refractivity contribution < 1.29 is 24.1 Å². The first kappa shape index (κ1) is 30.2. The van der Waals surface area contributed by atoms with Crippen LogP contribution in [0.3, 0.4) is 0 Å². The van der Waals surface area contributed by atoms with Crippen LogP contribution in [0.1, 0.15) is 39.2 Å². The predicted octanol–water partition coefficient (Wildman–Crippen LogP) is 3.77. The molecule has 0 aromatic carbocycles. The quantitative estimate of drug-likeness (QED) is 0.267. The summed E-state index contributed by atoms with van der Waals surface area (Å²) < 4.78 is 21.6. The molecule has 1 atom stereocenters. The minimum Gasteiger partial charge on any atom is -0.496 e. The molecule has 0 radical (unpaired) electrons. The Morgan fingerprint density at radius 1 is 1.34 bits per heavy atom. The summed E-state index contributed by atoms with van der Waals surface area (Å²) in [6.45, 7) is 11.3. The van der Waals surface area contributed by atoms with E-state index >= 15 is 0 Å². The van der Waals surface area contributed by atoms with Gasteiger partial charge in [-0.15, -0.1) is 0 Å². The number of thiophene rings is 1. The summed E-state index contributed by atoms with van der Waals surface area (Å²) in [5.41, 5.74) is -1.98. The monoisotopic (exact) mass is 584 g/mol. The second-order valence-corrected chi connectivity index (χ2v) is 11.2. The molecule has 3 aromatic heterocycles. The highest BCUT2D eigenvalue weighted by Crippen LogP contribution is 2.32. The van der Waals surface area contributed by atoms with Crippen LogP contribution in [0.5, 0.6) is 0 Å². The van der Waals surface area contributed by atoms with Crippen LogP contribution in [-0.2, 0) is 31.1 Å². The number of ether oxygens (including phenoxy) is 3. The highest BCUT2D eigenvalue weighted by molar-refractivity contribution is 7.21. The number of carbonyl (C=O) groups is 1. The van der Waals surface area contributed by atoms with Crippen molar-refractivity contribution in [1.29, 1.82) is 0 Å². The standard InChI is InChI=1S/C29H36N4O7S/c1-7-10-20(21(8-2)38-6)22(40-19-11-15-39-16-12-19)17-31-26-23(18(3)25(41-26)32-14-9-13-30-32)24(34)33(28(31)37)29(4,5)27(35)36/h7-10,13-14,19,22H,2,11-12,15-17H2,1,3-6H3,(H,35,36)/b10-7-,21-20-/t22-/m0/s1. The molecule has 0 saturated carbocycles. The molecule has 0 spiro atoms. The van der Waals surface area contributed by atoms with Gasteiger partial charge in [-0.3, -0.25) is 9.36 Å². The summed E-state index contributed by atoms with van der Waals surface area (Å²) in [4.78, 5) is 40.7. The van der Waals surface area contributed by atoms with Crippen LogP contribution in [0.2, 0.25) is 0 Å². The Balaban J connectivity index is 2.03. The van der Waals surface area contributed by atoms with Gasteiger partial charge in [0.25, 0.3) is 5.56 Å². The second-order valence-electron chi connectivity index (χ2n) is 10.2. The molecule has 1 N–H and O–H groups in total. The first-order valence-corrected chi connectivity index (χ1v) is 14.2. The van der Waals surface area contributed by atoms with Crippen LogP contribution >= 0.6 is 11.3 Å². The molecule has 11 nitrogen and oxygen atoms in total. The minimum absolute atomic E-state index is 0.0124. The molecule has 0 aliphatic carbocycles. The Hall–Kier alpha value is -3.74. The minimum atomic E-state index is -1.82. The number of aliphatic carboxylic acids is 1. The lowest BCUT2D eigenvalue weighted by molar-refractivity contribution is -0.146. The Bertz CT molecular complexity index is 1600. The summed E-state index contributed by atoms with van der Waals surface area (Å²) in [6, 6.07) is 1.76. The van der Waals surface area contributed by atoms with Crippen LogP contribution in [0.25, 0.3) is 15.2 Å². The number of rotatable bonds is 11. The Kier molecular flexibility index (Phi) is 9.15. The predicted molar refractivity (Wildman–Crippen MR) is 157 cm³/mol. The molecule has 4 heterocycles. The average Bonchev–Trinajstić information content (AvgIpc) is 3.59. The smallest absolute Gasteiger partial charge is 0.333 e. The van der Waals surface area contributed by atoms with E-state index in [0.717, 1.165) is 4.57 Å². The molecule has 1 aliphatic rings. The molecule has 0 unspecified atom stereocenters. The Morgan fingerprint density at radius 2 is 2.05 bits per heavy atom. The fourth-order valence-corrected chi connectivity index (χ4v) is 6.21. The number of fused-ring (bicyclic) bond motifs is 1.